The molecule has 50 heavy (non-hydrogen) atoms. The van der Waals surface area contributed by atoms with Gasteiger partial charge in [0.25, 0.3) is 5.91 Å². The van der Waals surface area contributed by atoms with E-state index in [2.05, 4.69) is 17.3 Å². The summed E-state index contributed by atoms with van der Waals surface area (Å²) >= 11 is 0. The molecule has 0 spiro atoms. The van der Waals surface area contributed by atoms with Gasteiger partial charge in [0.05, 0.1) is 0 Å². The van der Waals surface area contributed by atoms with Gasteiger partial charge in [0.1, 0.15) is 12.1 Å². The van der Waals surface area contributed by atoms with Crippen molar-refractivity contribution in [3.63, 3.8) is 0 Å². The van der Waals surface area contributed by atoms with Crippen LogP contribution in [0.4, 0.5) is 8.78 Å². The predicted octanol–water partition coefficient (Wildman–Crippen LogP) is 5.49. The van der Waals surface area contributed by atoms with Crippen molar-refractivity contribution < 1.29 is 23.2 Å². The Morgan fingerprint density at radius 2 is 1.56 bits per heavy atom. The van der Waals surface area contributed by atoms with E-state index in [0.29, 0.717) is 23.7 Å². The number of nitrogens with two attached hydrogens (primary N) is 1. The van der Waals surface area contributed by atoms with E-state index in [-0.39, 0.29) is 24.8 Å². The molecule has 3 N–H and O–H groups in total. The second kappa shape index (κ2) is 16.4. The Hall–Kier alpha value is -4.67. The van der Waals surface area contributed by atoms with Crippen molar-refractivity contribution >= 4 is 28.5 Å². The summed E-state index contributed by atoms with van der Waals surface area (Å²) < 4.78 is 28.1. The van der Waals surface area contributed by atoms with E-state index in [9.17, 15) is 23.2 Å². The van der Waals surface area contributed by atoms with Gasteiger partial charge < -0.3 is 25.8 Å². The van der Waals surface area contributed by atoms with E-state index in [1.807, 2.05) is 55.5 Å². The Morgan fingerprint density at radius 3 is 2.26 bits per heavy atom. The van der Waals surface area contributed by atoms with Gasteiger partial charge in [-0.3, -0.25) is 14.4 Å². The number of fused-ring (bicyclic) bond motifs is 1. The molecule has 8 nitrogen and oxygen atoms in total. The van der Waals surface area contributed by atoms with Gasteiger partial charge in [0.2, 0.25) is 11.8 Å². The summed E-state index contributed by atoms with van der Waals surface area (Å²) in [6.45, 7) is 3.24. The van der Waals surface area contributed by atoms with Gasteiger partial charge in [-0.2, -0.15) is 0 Å². The maximum atomic E-state index is 14.6. The van der Waals surface area contributed by atoms with Crippen molar-refractivity contribution in [1.29, 1.82) is 0 Å². The quantitative estimate of drug-likeness (QED) is 0.194. The van der Waals surface area contributed by atoms with Crippen molar-refractivity contribution in [3.8, 4) is 0 Å². The van der Waals surface area contributed by atoms with Crippen LogP contribution in [-0.4, -0.2) is 84.8 Å². The number of likely N-dealkylation sites (N-methyl/N-ethyl adjacent to an activating group) is 2. The molecular weight excluding hydrogens is 636 g/mol. The smallest absolute Gasteiger partial charge is 0.254 e. The van der Waals surface area contributed by atoms with Crippen LogP contribution in [0.5, 0.6) is 0 Å². The molecule has 0 aromatic heterocycles. The van der Waals surface area contributed by atoms with Crippen molar-refractivity contribution in [1.82, 2.24) is 20.0 Å². The second-order valence-electron chi connectivity index (χ2n) is 13.5. The summed E-state index contributed by atoms with van der Waals surface area (Å²) in [6, 6.07) is 22.3. The zero-order chi connectivity index (χ0) is 35.9. The van der Waals surface area contributed by atoms with Crippen molar-refractivity contribution in [2.24, 2.45) is 5.73 Å². The van der Waals surface area contributed by atoms with Crippen molar-refractivity contribution in [3.05, 3.63) is 119 Å². The molecular formula is C40H47F2N5O3. The number of nitrogens with zero attached hydrogens (tertiary/aromatic N) is 3. The molecule has 4 aromatic rings. The Bertz CT molecular complexity index is 1830. The molecule has 1 fully saturated rings. The lowest BCUT2D eigenvalue weighted by atomic mass is 9.97. The molecule has 1 saturated heterocycles. The molecule has 2 unspecified atom stereocenters. The van der Waals surface area contributed by atoms with Crippen LogP contribution in [0.3, 0.4) is 0 Å². The van der Waals surface area contributed by atoms with Gasteiger partial charge in [0, 0.05) is 51.1 Å². The Kier molecular flexibility index (Phi) is 12.0. The fourth-order valence-electron chi connectivity index (χ4n) is 6.79. The molecule has 5 rings (SSSR count). The monoisotopic (exact) mass is 683 g/mol. The Morgan fingerprint density at radius 1 is 0.860 bits per heavy atom. The van der Waals surface area contributed by atoms with E-state index in [1.54, 1.807) is 25.2 Å². The van der Waals surface area contributed by atoms with E-state index in [4.69, 9.17) is 5.73 Å². The van der Waals surface area contributed by atoms with Crippen molar-refractivity contribution in [2.45, 2.75) is 63.2 Å². The molecule has 1 heterocycles. The zero-order valence-electron chi connectivity index (χ0n) is 29.2. The molecule has 4 atom stereocenters. The van der Waals surface area contributed by atoms with Gasteiger partial charge in [0.15, 0.2) is 11.6 Å². The highest BCUT2D eigenvalue weighted by Crippen LogP contribution is 2.23. The van der Waals surface area contributed by atoms with E-state index in [1.165, 1.54) is 22.9 Å². The molecule has 0 radical (unpaired) electrons. The summed E-state index contributed by atoms with van der Waals surface area (Å²) in [5.74, 6) is -3.27. The minimum absolute atomic E-state index is 0.0502. The summed E-state index contributed by atoms with van der Waals surface area (Å²) in [5, 5.41) is 5.03. The molecule has 10 heteroatoms. The number of carbonyl (C=O) groups excluding carboxylic acids is 3. The number of halogens is 2. The summed E-state index contributed by atoms with van der Waals surface area (Å²) in [5.41, 5.74) is 8.47. The number of nitrogens with one attached hydrogen (secondary N) is 1. The van der Waals surface area contributed by atoms with E-state index in [0.717, 1.165) is 59.8 Å². The molecule has 1 aliphatic heterocycles. The molecule has 264 valence electrons. The minimum atomic E-state index is -1.06. The number of hydrogen-bond acceptors (Lipinski definition) is 5. The molecule has 4 aromatic carbocycles. The maximum Gasteiger partial charge on any atom is 0.254 e. The third-order valence-corrected chi connectivity index (χ3v) is 9.95. The molecule has 0 saturated carbocycles. The zero-order valence-corrected chi connectivity index (χ0v) is 29.2. The fraction of sp³-hybridized carbons (Fsp3) is 0.375. The fourth-order valence-corrected chi connectivity index (χ4v) is 6.79. The first-order chi connectivity index (χ1) is 23.9. The van der Waals surface area contributed by atoms with Gasteiger partial charge in [-0.1, -0.05) is 60.7 Å². The highest BCUT2D eigenvalue weighted by Gasteiger charge is 2.36. The molecule has 0 aliphatic carbocycles. The van der Waals surface area contributed by atoms with Crippen LogP contribution in [0.1, 0.15) is 59.3 Å². The standard InChI is InChI=1S/C40H47F2N5O3/c1-26(43)30-11-7-12-32(25-30)39(49)47(4)37(24-27-14-16-29-9-5-6-10-31(29)21-27)40(50)46(3)36(23-28-15-17-34(41)35(42)22-28)38(48)44-19-18-33-13-8-20-45(33)2/h5-7,9-12,14-17,21-22,25-26,33,36-37H,8,13,18-20,23-24,43H2,1-4H3,(H,44,48)/t26?,33?,36-,37-/m1/s1. The highest BCUT2D eigenvalue weighted by molar-refractivity contribution is 5.98. The van der Waals surface area contributed by atoms with Crippen molar-refractivity contribution in [2.75, 3.05) is 34.2 Å². The third kappa shape index (κ3) is 8.73. The van der Waals surface area contributed by atoms with Gasteiger partial charge in [-0.05, 0) is 91.5 Å². The van der Waals surface area contributed by atoms with Gasteiger partial charge in [-0.25, -0.2) is 8.78 Å². The van der Waals surface area contributed by atoms with Gasteiger partial charge in [-0.15, -0.1) is 0 Å². The first-order valence-corrected chi connectivity index (χ1v) is 17.2. The summed E-state index contributed by atoms with van der Waals surface area (Å²) in [6.07, 6.45) is 3.03. The summed E-state index contributed by atoms with van der Waals surface area (Å²) in [4.78, 5) is 47.5. The lowest BCUT2D eigenvalue weighted by Gasteiger charge is -2.35. The van der Waals surface area contributed by atoms with Gasteiger partial charge >= 0.3 is 0 Å². The van der Waals surface area contributed by atoms with E-state index >= 15 is 0 Å². The lowest BCUT2D eigenvalue weighted by molar-refractivity contribution is -0.142. The van der Waals surface area contributed by atoms with Crippen LogP contribution in [0.2, 0.25) is 0 Å². The number of carbonyl (C=O) groups is 3. The van der Waals surface area contributed by atoms with Crippen LogP contribution in [0, 0.1) is 11.6 Å². The van der Waals surface area contributed by atoms with Crippen LogP contribution in [0.15, 0.2) is 84.9 Å². The molecule has 3 amide bonds. The number of benzene rings is 4. The van der Waals surface area contributed by atoms with Crippen LogP contribution >= 0.6 is 0 Å². The molecule has 1 aliphatic rings. The highest BCUT2D eigenvalue weighted by atomic mass is 19.2. The topological polar surface area (TPSA) is 99.0 Å². The van der Waals surface area contributed by atoms with E-state index < -0.39 is 35.5 Å². The largest absolute Gasteiger partial charge is 0.354 e. The Balaban J connectivity index is 1.46. The third-order valence-electron chi connectivity index (χ3n) is 9.95. The number of hydrogen-bond donors (Lipinski definition) is 2. The predicted molar refractivity (Wildman–Crippen MR) is 192 cm³/mol. The lowest BCUT2D eigenvalue weighted by Crippen LogP contribution is -2.56. The molecule has 0 bridgehead atoms. The van der Waals surface area contributed by atoms with Crippen LogP contribution < -0.4 is 11.1 Å². The number of likely N-dealkylation sites (tertiary alicyclic amines) is 1. The van der Waals surface area contributed by atoms with Crippen LogP contribution in [0.25, 0.3) is 10.8 Å². The number of rotatable bonds is 13. The Labute approximate surface area is 293 Å². The normalized spacial score (nSPS) is 16.5. The average molecular weight is 684 g/mol. The summed E-state index contributed by atoms with van der Waals surface area (Å²) in [7, 11) is 5.18. The average Bonchev–Trinajstić information content (AvgIpc) is 3.53. The second-order valence-corrected chi connectivity index (χ2v) is 13.5. The SMILES string of the molecule is CC(N)c1cccc(C(=O)N(C)[C@H](Cc2ccc3ccccc3c2)C(=O)N(C)[C@H](Cc2ccc(F)c(F)c2)C(=O)NCCC2CCCN2C)c1. The number of amides is 3. The first kappa shape index (κ1) is 36.6. The maximum absolute atomic E-state index is 14.6. The minimum Gasteiger partial charge on any atom is -0.354 e. The van der Waals surface area contributed by atoms with Crippen LogP contribution in [-0.2, 0) is 22.4 Å². The first-order valence-electron chi connectivity index (χ1n) is 17.2.